The van der Waals surface area contributed by atoms with Gasteiger partial charge in [0.1, 0.15) is 4.83 Å². The fourth-order valence-corrected chi connectivity index (χ4v) is 3.86. The molecule has 0 aliphatic carbocycles. The van der Waals surface area contributed by atoms with Crippen molar-refractivity contribution in [1.29, 1.82) is 0 Å². The van der Waals surface area contributed by atoms with Crippen molar-refractivity contribution in [3.8, 4) is 0 Å². The van der Waals surface area contributed by atoms with E-state index >= 15 is 0 Å². The average molecular weight is 333 g/mol. The van der Waals surface area contributed by atoms with Crippen molar-refractivity contribution in [1.82, 2.24) is 14.9 Å². The fourth-order valence-electron chi connectivity index (χ4n) is 2.84. The number of amides is 1. The van der Waals surface area contributed by atoms with Gasteiger partial charge in [0.25, 0.3) is 11.5 Å². The SMILES string of the molecule is C=CCn1c(N2CCNCC2)nc2sc(C(N)=O)c(C)c2c1=O. The van der Waals surface area contributed by atoms with E-state index in [0.717, 1.165) is 26.2 Å². The minimum Gasteiger partial charge on any atom is -0.365 e. The number of carbonyl (C=O) groups excluding carboxylic acids is 1. The molecule has 0 unspecified atom stereocenters. The minimum atomic E-state index is -0.524. The van der Waals surface area contributed by atoms with E-state index in [1.54, 1.807) is 17.6 Å². The molecule has 8 heteroatoms. The van der Waals surface area contributed by atoms with Gasteiger partial charge < -0.3 is 16.0 Å². The number of nitrogens with one attached hydrogen (secondary N) is 1. The number of nitrogens with two attached hydrogens (primary N) is 1. The van der Waals surface area contributed by atoms with Crippen LogP contribution in [-0.4, -0.2) is 41.6 Å². The lowest BCUT2D eigenvalue weighted by molar-refractivity contribution is 0.100. The number of thiophene rings is 1. The number of aryl methyl sites for hydroxylation is 1. The molecule has 1 aliphatic heterocycles. The number of primary amides is 1. The van der Waals surface area contributed by atoms with Crippen LogP contribution in [-0.2, 0) is 6.54 Å². The number of carbonyl (C=O) groups is 1. The number of fused-ring (bicyclic) bond motifs is 1. The number of nitrogens with zero attached hydrogens (tertiary/aromatic N) is 3. The van der Waals surface area contributed by atoms with Crippen LogP contribution in [0.5, 0.6) is 0 Å². The Labute approximate surface area is 137 Å². The van der Waals surface area contributed by atoms with Crippen LogP contribution < -0.4 is 21.5 Å². The highest BCUT2D eigenvalue weighted by Crippen LogP contribution is 2.28. The van der Waals surface area contributed by atoms with E-state index in [1.807, 2.05) is 0 Å². The molecule has 3 rings (SSSR count). The highest BCUT2D eigenvalue weighted by Gasteiger charge is 2.23. The first kappa shape index (κ1) is 15.7. The summed E-state index contributed by atoms with van der Waals surface area (Å²) in [5.74, 6) is 0.102. The maximum atomic E-state index is 12.9. The normalized spacial score (nSPS) is 15.1. The molecule has 122 valence electrons. The third-order valence-electron chi connectivity index (χ3n) is 3.97. The number of rotatable bonds is 4. The van der Waals surface area contributed by atoms with E-state index in [1.165, 1.54) is 11.3 Å². The lowest BCUT2D eigenvalue weighted by Crippen LogP contribution is -2.46. The molecule has 0 radical (unpaired) electrons. The Morgan fingerprint density at radius 1 is 1.48 bits per heavy atom. The van der Waals surface area contributed by atoms with Gasteiger partial charge in [0.05, 0.1) is 10.3 Å². The summed E-state index contributed by atoms with van der Waals surface area (Å²) >= 11 is 1.18. The molecule has 1 fully saturated rings. The van der Waals surface area contributed by atoms with Gasteiger partial charge in [0, 0.05) is 32.7 Å². The van der Waals surface area contributed by atoms with Gasteiger partial charge in [0.15, 0.2) is 0 Å². The van der Waals surface area contributed by atoms with Crippen LogP contribution >= 0.6 is 11.3 Å². The summed E-state index contributed by atoms with van der Waals surface area (Å²) in [6, 6.07) is 0. The van der Waals surface area contributed by atoms with Crippen molar-refractivity contribution in [2.24, 2.45) is 5.73 Å². The summed E-state index contributed by atoms with van der Waals surface area (Å²) in [5, 5.41) is 3.76. The summed E-state index contributed by atoms with van der Waals surface area (Å²) in [6.07, 6.45) is 1.68. The first-order valence-electron chi connectivity index (χ1n) is 7.45. The Bertz CT molecular complexity index is 832. The summed E-state index contributed by atoms with van der Waals surface area (Å²) in [6.45, 7) is 9.10. The Morgan fingerprint density at radius 2 is 2.17 bits per heavy atom. The van der Waals surface area contributed by atoms with Crippen LogP contribution in [0.3, 0.4) is 0 Å². The Balaban J connectivity index is 2.26. The molecule has 0 saturated carbocycles. The van der Waals surface area contributed by atoms with Gasteiger partial charge in [-0.15, -0.1) is 17.9 Å². The molecular weight excluding hydrogens is 314 g/mol. The second-order valence-electron chi connectivity index (χ2n) is 5.45. The molecule has 3 heterocycles. The third kappa shape index (κ3) is 2.64. The molecule has 1 amide bonds. The second kappa shape index (κ2) is 6.13. The molecule has 0 aromatic carbocycles. The number of allylic oxidation sites excluding steroid dienone is 1. The fraction of sp³-hybridized carbons (Fsp3) is 0.400. The highest BCUT2D eigenvalue weighted by molar-refractivity contribution is 7.20. The Morgan fingerprint density at radius 3 is 2.78 bits per heavy atom. The van der Waals surface area contributed by atoms with Crippen molar-refractivity contribution in [2.45, 2.75) is 13.5 Å². The van der Waals surface area contributed by atoms with Crippen molar-refractivity contribution >= 4 is 33.4 Å². The van der Waals surface area contributed by atoms with Gasteiger partial charge in [0.2, 0.25) is 5.95 Å². The van der Waals surface area contributed by atoms with Crippen molar-refractivity contribution < 1.29 is 4.79 Å². The average Bonchev–Trinajstić information content (AvgIpc) is 2.88. The van der Waals surface area contributed by atoms with E-state index in [2.05, 4.69) is 21.8 Å². The lowest BCUT2D eigenvalue weighted by atomic mass is 10.2. The van der Waals surface area contributed by atoms with Crippen molar-refractivity contribution in [3.05, 3.63) is 33.4 Å². The van der Waals surface area contributed by atoms with Crippen molar-refractivity contribution in [3.63, 3.8) is 0 Å². The quantitative estimate of drug-likeness (QED) is 0.793. The maximum Gasteiger partial charge on any atom is 0.264 e. The summed E-state index contributed by atoms with van der Waals surface area (Å²) in [4.78, 5) is 32.2. The molecule has 1 saturated heterocycles. The monoisotopic (exact) mass is 333 g/mol. The maximum absolute atomic E-state index is 12.9. The van der Waals surface area contributed by atoms with Gasteiger partial charge >= 0.3 is 0 Å². The summed E-state index contributed by atoms with van der Waals surface area (Å²) in [7, 11) is 0. The molecule has 2 aromatic rings. The molecule has 23 heavy (non-hydrogen) atoms. The smallest absolute Gasteiger partial charge is 0.264 e. The Hall–Kier alpha value is -2.19. The molecule has 7 nitrogen and oxygen atoms in total. The van der Waals surface area contributed by atoms with E-state index in [9.17, 15) is 9.59 Å². The lowest BCUT2D eigenvalue weighted by Gasteiger charge is -2.30. The van der Waals surface area contributed by atoms with Gasteiger partial charge in [-0.2, -0.15) is 0 Å². The molecule has 0 atom stereocenters. The summed E-state index contributed by atoms with van der Waals surface area (Å²) < 4.78 is 1.62. The van der Waals surface area contributed by atoms with Crippen LogP contribution in [0, 0.1) is 6.92 Å². The zero-order valence-corrected chi connectivity index (χ0v) is 13.8. The number of aromatic nitrogens is 2. The molecule has 0 bridgehead atoms. The van der Waals surface area contributed by atoms with Gasteiger partial charge in [-0.3, -0.25) is 14.2 Å². The Kier molecular flexibility index (Phi) is 4.18. The van der Waals surface area contributed by atoms with Crippen LogP contribution in [0.25, 0.3) is 10.2 Å². The van der Waals surface area contributed by atoms with E-state index < -0.39 is 5.91 Å². The zero-order chi connectivity index (χ0) is 16.6. The van der Waals surface area contributed by atoms with Crippen LogP contribution in [0.15, 0.2) is 17.4 Å². The van der Waals surface area contributed by atoms with Gasteiger partial charge in [-0.05, 0) is 12.5 Å². The van der Waals surface area contributed by atoms with Crippen LogP contribution in [0.1, 0.15) is 15.2 Å². The molecule has 1 aliphatic rings. The molecular formula is C15H19N5O2S. The van der Waals surface area contributed by atoms with Crippen molar-refractivity contribution in [2.75, 3.05) is 31.1 Å². The number of anilines is 1. The largest absolute Gasteiger partial charge is 0.365 e. The standard InChI is InChI=1S/C15H19N5O2S/c1-3-6-20-14(22)10-9(2)11(12(16)21)23-13(10)18-15(20)19-7-4-17-5-8-19/h3,17H,1,4-8H2,2H3,(H2,16,21). The first-order chi connectivity index (χ1) is 11.0. The van der Waals surface area contributed by atoms with Crippen LogP contribution in [0.4, 0.5) is 5.95 Å². The van der Waals surface area contributed by atoms with Gasteiger partial charge in [-0.1, -0.05) is 6.08 Å². The topological polar surface area (TPSA) is 93.2 Å². The predicted molar refractivity (Wildman–Crippen MR) is 92.4 cm³/mol. The van der Waals surface area contributed by atoms with E-state index in [-0.39, 0.29) is 5.56 Å². The predicted octanol–water partition coefficient (Wildman–Crippen LogP) is 0.461. The van der Waals surface area contributed by atoms with E-state index in [4.69, 9.17) is 5.73 Å². The molecule has 0 spiro atoms. The third-order valence-corrected chi connectivity index (χ3v) is 5.17. The summed E-state index contributed by atoms with van der Waals surface area (Å²) in [5.41, 5.74) is 5.87. The number of hydrogen-bond acceptors (Lipinski definition) is 6. The second-order valence-corrected chi connectivity index (χ2v) is 6.45. The zero-order valence-electron chi connectivity index (χ0n) is 13.0. The first-order valence-corrected chi connectivity index (χ1v) is 8.26. The molecule has 2 aromatic heterocycles. The number of piperazine rings is 1. The minimum absolute atomic E-state index is 0.148. The molecule has 3 N–H and O–H groups in total. The number of hydrogen-bond donors (Lipinski definition) is 2. The highest BCUT2D eigenvalue weighted by atomic mass is 32.1. The van der Waals surface area contributed by atoms with Gasteiger partial charge in [-0.25, -0.2) is 4.98 Å². The van der Waals surface area contributed by atoms with E-state index in [0.29, 0.717) is 33.2 Å². The van der Waals surface area contributed by atoms with Crippen LogP contribution in [0.2, 0.25) is 0 Å².